The summed E-state index contributed by atoms with van der Waals surface area (Å²) in [5.41, 5.74) is 2.97. The van der Waals surface area contributed by atoms with Gasteiger partial charge >= 0.3 is 0 Å². The van der Waals surface area contributed by atoms with E-state index in [2.05, 4.69) is 4.98 Å². The number of hydrogen-bond acceptors (Lipinski definition) is 4. The number of ether oxygens (including phenoxy) is 2. The van der Waals surface area contributed by atoms with E-state index < -0.39 is 18.0 Å². The van der Waals surface area contributed by atoms with Crippen molar-refractivity contribution in [2.45, 2.75) is 32.0 Å². The number of hydrogen-bond donors (Lipinski definition) is 2. The quantitative estimate of drug-likeness (QED) is 0.675. The summed E-state index contributed by atoms with van der Waals surface area (Å²) in [7, 11) is 1.43. The highest BCUT2D eigenvalue weighted by Gasteiger charge is 2.32. The number of benzene rings is 2. The second kappa shape index (κ2) is 8.36. The Balaban J connectivity index is 1.49. The number of aryl methyl sites for hydroxylation is 1. The molecule has 30 heavy (non-hydrogen) atoms. The van der Waals surface area contributed by atoms with E-state index in [0.29, 0.717) is 18.7 Å². The average Bonchev–Trinajstić information content (AvgIpc) is 3.05. The number of carbonyl (C=O) groups is 1. The number of aromatic amines is 1. The van der Waals surface area contributed by atoms with E-state index in [9.17, 15) is 14.3 Å². The molecule has 1 aliphatic heterocycles. The SMILES string of the molecule is COc1cc(F)ccc1O[C@@H]1CN(C(=O)Cc2c(C)[nH]c3ccccc23)CC[C@H]1O. The largest absolute Gasteiger partial charge is 0.493 e. The minimum atomic E-state index is -0.723. The van der Waals surface area contributed by atoms with Crippen LogP contribution < -0.4 is 9.47 Å². The van der Waals surface area contributed by atoms with Crippen molar-refractivity contribution in [1.29, 1.82) is 0 Å². The lowest BCUT2D eigenvalue weighted by atomic mass is 10.0. The van der Waals surface area contributed by atoms with Crippen LogP contribution in [-0.4, -0.2) is 53.3 Å². The van der Waals surface area contributed by atoms with Crippen LogP contribution in [0, 0.1) is 12.7 Å². The second-order valence-electron chi connectivity index (χ2n) is 7.60. The predicted molar refractivity (Wildman–Crippen MR) is 111 cm³/mol. The third kappa shape index (κ3) is 3.98. The zero-order valence-electron chi connectivity index (χ0n) is 17.0. The summed E-state index contributed by atoms with van der Waals surface area (Å²) in [4.78, 5) is 18.1. The highest BCUT2D eigenvalue weighted by atomic mass is 19.1. The average molecular weight is 412 g/mol. The number of methoxy groups -OCH3 is 1. The first-order chi connectivity index (χ1) is 14.5. The molecule has 0 saturated carbocycles. The summed E-state index contributed by atoms with van der Waals surface area (Å²) in [5, 5.41) is 11.5. The van der Waals surface area contributed by atoms with Crippen molar-refractivity contribution in [1.82, 2.24) is 9.88 Å². The molecule has 1 aromatic heterocycles. The highest BCUT2D eigenvalue weighted by Crippen LogP contribution is 2.30. The lowest BCUT2D eigenvalue weighted by Crippen LogP contribution is -2.51. The molecule has 1 fully saturated rings. The van der Waals surface area contributed by atoms with E-state index in [-0.39, 0.29) is 24.6 Å². The Morgan fingerprint density at radius 1 is 1.27 bits per heavy atom. The van der Waals surface area contributed by atoms with Crippen LogP contribution in [0.15, 0.2) is 42.5 Å². The topological polar surface area (TPSA) is 74.8 Å². The molecular formula is C23H25FN2O4. The molecule has 3 aromatic rings. The Hall–Kier alpha value is -3.06. The number of aromatic nitrogens is 1. The number of nitrogens with zero attached hydrogens (tertiary/aromatic N) is 1. The first kappa shape index (κ1) is 20.2. The van der Waals surface area contributed by atoms with Crippen LogP contribution >= 0.6 is 0 Å². The highest BCUT2D eigenvalue weighted by molar-refractivity contribution is 5.90. The molecule has 0 spiro atoms. The Kier molecular flexibility index (Phi) is 5.63. The predicted octanol–water partition coefficient (Wildman–Crippen LogP) is 3.21. The van der Waals surface area contributed by atoms with Gasteiger partial charge in [0.25, 0.3) is 0 Å². The molecule has 1 amide bonds. The molecular weight excluding hydrogens is 387 g/mol. The van der Waals surface area contributed by atoms with Gasteiger partial charge < -0.3 is 24.5 Å². The van der Waals surface area contributed by atoms with E-state index in [1.165, 1.54) is 25.3 Å². The Morgan fingerprint density at radius 2 is 2.07 bits per heavy atom. The monoisotopic (exact) mass is 412 g/mol. The van der Waals surface area contributed by atoms with Gasteiger partial charge in [0.15, 0.2) is 11.5 Å². The van der Waals surface area contributed by atoms with Gasteiger partial charge in [0.1, 0.15) is 11.9 Å². The normalized spacial score (nSPS) is 19.1. The summed E-state index contributed by atoms with van der Waals surface area (Å²) in [5.74, 6) is 0.133. The zero-order valence-corrected chi connectivity index (χ0v) is 17.0. The fourth-order valence-corrected chi connectivity index (χ4v) is 3.97. The van der Waals surface area contributed by atoms with Crippen molar-refractivity contribution in [3.05, 3.63) is 59.5 Å². The van der Waals surface area contributed by atoms with Crippen LogP contribution in [0.2, 0.25) is 0 Å². The maximum atomic E-state index is 13.4. The molecule has 2 aromatic carbocycles. The smallest absolute Gasteiger partial charge is 0.227 e. The molecule has 7 heteroatoms. The van der Waals surface area contributed by atoms with Gasteiger partial charge in [-0.25, -0.2) is 4.39 Å². The maximum Gasteiger partial charge on any atom is 0.227 e. The molecule has 0 aliphatic carbocycles. The summed E-state index contributed by atoms with van der Waals surface area (Å²) in [6, 6.07) is 11.9. The van der Waals surface area contributed by atoms with Gasteiger partial charge in [0, 0.05) is 29.2 Å². The second-order valence-corrected chi connectivity index (χ2v) is 7.60. The molecule has 6 nitrogen and oxygen atoms in total. The molecule has 4 rings (SSSR count). The number of rotatable bonds is 5. The molecule has 158 valence electrons. The lowest BCUT2D eigenvalue weighted by molar-refractivity contribution is -0.136. The molecule has 2 heterocycles. The fourth-order valence-electron chi connectivity index (χ4n) is 3.97. The van der Waals surface area contributed by atoms with Crippen LogP contribution in [0.5, 0.6) is 11.5 Å². The first-order valence-electron chi connectivity index (χ1n) is 9.98. The van der Waals surface area contributed by atoms with Gasteiger partial charge in [0.2, 0.25) is 5.91 Å². The van der Waals surface area contributed by atoms with Crippen molar-refractivity contribution in [2.24, 2.45) is 0 Å². The zero-order chi connectivity index (χ0) is 21.3. The van der Waals surface area contributed by atoms with Crippen LogP contribution in [0.1, 0.15) is 17.7 Å². The third-order valence-corrected chi connectivity index (χ3v) is 5.64. The van der Waals surface area contributed by atoms with Crippen LogP contribution in [0.3, 0.4) is 0 Å². The maximum absolute atomic E-state index is 13.4. The van der Waals surface area contributed by atoms with E-state index in [1.807, 2.05) is 31.2 Å². The fraction of sp³-hybridized carbons (Fsp3) is 0.348. The van der Waals surface area contributed by atoms with Crippen LogP contribution in [-0.2, 0) is 11.2 Å². The molecule has 2 N–H and O–H groups in total. The number of fused-ring (bicyclic) bond motifs is 1. The van der Waals surface area contributed by atoms with Gasteiger partial charge in [-0.2, -0.15) is 0 Å². The number of aliphatic hydroxyl groups is 1. The molecule has 2 atom stereocenters. The Bertz CT molecular complexity index is 1060. The lowest BCUT2D eigenvalue weighted by Gasteiger charge is -2.36. The number of H-pyrrole nitrogens is 1. The third-order valence-electron chi connectivity index (χ3n) is 5.64. The molecule has 1 aliphatic rings. The first-order valence-corrected chi connectivity index (χ1v) is 9.98. The standard InChI is InChI=1S/C23H25FN2O4/c1-14-17(16-5-3-4-6-18(16)25-14)12-23(28)26-10-9-19(27)22(13-26)30-20-8-7-15(24)11-21(20)29-2/h3-8,11,19,22,25,27H,9-10,12-13H2,1-2H3/t19-,22-/m1/s1. The van der Waals surface area contributed by atoms with Gasteiger partial charge in [-0.05, 0) is 37.1 Å². The Morgan fingerprint density at radius 3 is 2.87 bits per heavy atom. The molecule has 1 saturated heterocycles. The van der Waals surface area contributed by atoms with E-state index in [4.69, 9.17) is 9.47 Å². The van der Waals surface area contributed by atoms with Gasteiger partial charge in [0.05, 0.1) is 26.2 Å². The number of amides is 1. The van der Waals surface area contributed by atoms with Gasteiger partial charge in [-0.1, -0.05) is 18.2 Å². The van der Waals surface area contributed by atoms with Crippen molar-refractivity contribution in [2.75, 3.05) is 20.2 Å². The summed E-state index contributed by atoms with van der Waals surface area (Å²) in [6.07, 6.45) is -0.657. The molecule has 0 bridgehead atoms. The number of halogens is 1. The van der Waals surface area contributed by atoms with E-state index in [0.717, 1.165) is 22.2 Å². The van der Waals surface area contributed by atoms with Crippen LogP contribution in [0.4, 0.5) is 4.39 Å². The van der Waals surface area contributed by atoms with E-state index >= 15 is 0 Å². The van der Waals surface area contributed by atoms with Crippen molar-refractivity contribution < 1.29 is 23.8 Å². The number of para-hydroxylation sites is 1. The van der Waals surface area contributed by atoms with Crippen molar-refractivity contribution in [3.8, 4) is 11.5 Å². The van der Waals surface area contributed by atoms with Gasteiger partial charge in [-0.15, -0.1) is 0 Å². The summed E-state index contributed by atoms with van der Waals surface area (Å²) in [6.45, 7) is 2.68. The summed E-state index contributed by atoms with van der Waals surface area (Å²) >= 11 is 0. The number of likely N-dealkylation sites (tertiary alicyclic amines) is 1. The van der Waals surface area contributed by atoms with Crippen LogP contribution in [0.25, 0.3) is 10.9 Å². The number of aliphatic hydroxyl groups excluding tert-OH is 1. The molecule has 0 radical (unpaired) electrons. The van der Waals surface area contributed by atoms with Gasteiger partial charge in [-0.3, -0.25) is 4.79 Å². The van der Waals surface area contributed by atoms with E-state index in [1.54, 1.807) is 4.90 Å². The number of piperidine rings is 1. The summed E-state index contributed by atoms with van der Waals surface area (Å²) < 4.78 is 24.5. The van der Waals surface area contributed by atoms with Crippen molar-refractivity contribution in [3.63, 3.8) is 0 Å². The minimum absolute atomic E-state index is 0.0191. The number of nitrogens with one attached hydrogen (secondary N) is 1. The number of carbonyl (C=O) groups excluding carboxylic acids is 1. The Labute approximate surface area is 174 Å². The minimum Gasteiger partial charge on any atom is -0.493 e. The molecule has 0 unspecified atom stereocenters. The van der Waals surface area contributed by atoms with Crippen molar-refractivity contribution >= 4 is 16.8 Å².